The van der Waals surface area contributed by atoms with Crippen LogP contribution < -0.4 is 15.5 Å². The number of aliphatic imine (C=N–C) groups is 1. The quantitative estimate of drug-likeness (QED) is 0.591. The monoisotopic (exact) mass is 404 g/mol. The molecule has 2 aromatic heterocycles. The maximum atomic E-state index is 14.0. The van der Waals surface area contributed by atoms with Gasteiger partial charge in [-0.15, -0.1) is 11.3 Å². The number of anilines is 1. The van der Waals surface area contributed by atoms with Crippen molar-refractivity contribution in [3.63, 3.8) is 0 Å². The Morgan fingerprint density at radius 2 is 2.25 bits per heavy atom. The summed E-state index contributed by atoms with van der Waals surface area (Å²) < 4.78 is 14.0. The van der Waals surface area contributed by atoms with Gasteiger partial charge in [-0.1, -0.05) is 20.8 Å². The maximum absolute atomic E-state index is 14.0. The molecule has 1 aliphatic heterocycles. The van der Waals surface area contributed by atoms with Gasteiger partial charge in [0.25, 0.3) is 0 Å². The fourth-order valence-corrected chi connectivity index (χ4v) is 3.98. The van der Waals surface area contributed by atoms with Crippen molar-refractivity contribution in [2.75, 3.05) is 24.5 Å². The Morgan fingerprint density at radius 3 is 2.93 bits per heavy atom. The standard InChI is InChI=1S/C20H29FN6S/c1-5-22-19(24-11-15-13-28-18(25-15)20(2,3)4)26-14-8-10-27(12-14)17-16(21)7-6-9-23-17/h6-7,9,13-14H,5,8,10-12H2,1-4H3,(H2,22,24,26). The van der Waals surface area contributed by atoms with Gasteiger partial charge in [0.1, 0.15) is 0 Å². The van der Waals surface area contributed by atoms with E-state index in [9.17, 15) is 4.39 Å². The number of nitrogens with one attached hydrogen (secondary N) is 2. The van der Waals surface area contributed by atoms with Crippen molar-refractivity contribution in [3.05, 3.63) is 40.2 Å². The minimum Gasteiger partial charge on any atom is -0.357 e. The van der Waals surface area contributed by atoms with Gasteiger partial charge in [0.2, 0.25) is 0 Å². The van der Waals surface area contributed by atoms with Crippen molar-refractivity contribution < 1.29 is 4.39 Å². The molecule has 2 aromatic rings. The lowest BCUT2D eigenvalue weighted by atomic mass is 9.98. The van der Waals surface area contributed by atoms with E-state index in [1.165, 1.54) is 6.07 Å². The fourth-order valence-electron chi connectivity index (χ4n) is 3.08. The second-order valence-corrected chi connectivity index (χ2v) is 8.83. The summed E-state index contributed by atoms with van der Waals surface area (Å²) >= 11 is 1.68. The highest BCUT2D eigenvalue weighted by Gasteiger charge is 2.26. The van der Waals surface area contributed by atoms with E-state index in [2.05, 4.69) is 46.8 Å². The first-order valence-corrected chi connectivity index (χ1v) is 10.6. The van der Waals surface area contributed by atoms with Gasteiger partial charge in [-0.05, 0) is 25.5 Å². The Labute approximate surface area is 170 Å². The molecule has 1 fully saturated rings. The number of nitrogens with zero attached hydrogens (tertiary/aromatic N) is 4. The summed E-state index contributed by atoms with van der Waals surface area (Å²) in [4.78, 5) is 15.6. The normalized spacial score (nSPS) is 17.8. The fraction of sp³-hybridized carbons (Fsp3) is 0.550. The van der Waals surface area contributed by atoms with Crippen LogP contribution in [0, 0.1) is 5.82 Å². The van der Waals surface area contributed by atoms with Crippen molar-refractivity contribution in [1.82, 2.24) is 20.6 Å². The van der Waals surface area contributed by atoms with Crippen molar-refractivity contribution in [2.24, 2.45) is 4.99 Å². The summed E-state index contributed by atoms with van der Waals surface area (Å²) in [7, 11) is 0. The summed E-state index contributed by atoms with van der Waals surface area (Å²) in [5.74, 6) is 0.911. The molecule has 0 saturated carbocycles. The van der Waals surface area contributed by atoms with Crippen LogP contribution in [-0.4, -0.2) is 41.6 Å². The lowest BCUT2D eigenvalue weighted by Crippen LogP contribution is -2.44. The van der Waals surface area contributed by atoms with Crippen LogP contribution in [0.5, 0.6) is 0 Å². The second kappa shape index (κ2) is 8.86. The van der Waals surface area contributed by atoms with Crippen LogP contribution in [0.4, 0.5) is 10.2 Å². The number of rotatable bonds is 5. The van der Waals surface area contributed by atoms with E-state index in [-0.39, 0.29) is 17.3 Å². The topological polar surface area (TPSA) is 65.4 Å². The Bertz CT molecular complexity index is 813. The third kappa shape index (κ3) is 5.19. The average molecular weight is 405 g/mol. The van der Waals surface area contributed by atoms with Gasteiger partial charge < -0.3 is 15.5 Å². The number of thiazole rings is 1. The minimum atomic E-state index is -0.276. The van der Waals surface area contributed by atoms with Gasteiger partial charge in [0.05, 0.1) is 17.2 Å². The van der Waals surface area contributed by atoms with Gasteiger partial charge >= 0.3 is 0 Å². The van der Waals surface area contributed by atoms with Crippen molar-refractivity contribution in [1.29, 1.82) is 0 Å². The number of aromatic nitrogens is 2. The van der Waals surface area contributed by atoms with E-state index in [0.29, 0.717) is 18.9 Å². The van der Waals surface area contributed by atoms with Crippen molar-refractivity contribution in [2.45, 2.75) is 52.1 Å². The highest BCUT2D eigenvalue weighted by Crippen LogP contribution is 2.25. The van der Waals surface area contributed by atoms with Crippen LogP contribution in [0.2, 0.25) is 0 Å². The van der Waals surface area contributed by atoms with E-state index in [4.69, 9.17) is 4.98 Å². The molecule has 1 saturated heterocycles. The lowest BCUT2D eigenvalue weighted by Gasteiger charge is -2.19. The number of hydrogen-bond donors (Lipinski definition) is 2. The molecule has 8 heteroatoms. The average Bonchev–Trinajstić information content (AvgIpc) is 3.29. The van der Waals surface area contributed by atoms with Crippen LogP contribution in [0.15, 0.2) is 28.7 Å². The molecule has 3 rings (SSSR count). The summed E-state index contributed by atoms with van der Waals surface area (Å²) in [5, 5.41) is 9.96. The SMILES string of the molecule is CCNC(=NCc1csc(C(C)(C)C)n1)NC1CCN(c2ncccc2F)C1. The first-order chi connectivity index (χ1) is 13.4. The molecule has 1 aliphatic rings. The van der Waals surface area contributed by atoms with E-state index in [1.54, 1.807) is 23.6 Å². The molecule has 0 amide bonds. The molecule has 3 heterocycles. The van der Waals surface area contributed by atoms with Gasteiger partial charge in [-0.3, -0.25) is 0 Å². The van der Waals surface area contributed by atoms with Crippen molar-refractivity contribution in [3.8, 4) is 0 Å². The zero-order valence-electron chi connectivity index (χ0n) is 17.0. The largest absolute Gasteiger partial charge is 0.357 e. The van der Waals surface area contributed by atoms with Crippen LogP contribution in [0.1, 0.15) is 44.8 Å². The van der Waals surface area contributed by atoms with E-state index < -0.39 is 0 Å². The van der Waals surface area contributed by atoms with Crippen LogP contribution >= 0.6 is 11.3 Å². The molecule has 1 unspecified atom stereocenters. The third-order valence-electron chi connectivity index (χ3n) is 4.50. The molecule has 2 N–H and O–H groups in total. The van der Waals surface area contributed by atoms with E-state index in [0.717, 1.165) is 36.2 Å². The molecular formula is C20H29FN6S. The van der Waals surface area contributed by atoms with Crippen molar-refractivity contribution >= 4 is 23.1 Å². The highest BCUT2D eigenvalue weighted by molar-refractivity contribution is 7.09. The number of guanidine groups is 1. The van der Waals surface area contributed by atoms with Crippen LogP contribution in [-0.2, 0) is 12.0 Å². The zero-order valence-corrected chi connectivity index (χ0v) is 17.8. The summed E-state index contributed by atoms with van der Waals surface area (Å²) in [6, 6.07) is 3.26. The zero-order chi connectivity index (χ0) is 20.1. The smallest absolute Gasteiger partial charge is 0.191 e. The highest BCUT2D eigenvalue weighted by atomic mass is 32.1. The predicted molar refractivity (Wildman–Crippen MR) is 114 cm³/mol. The Hall–Kier alpha value is -2.22. The molecule has 0 aromatic carbocycles. The number of halogens is 1. The van der Waals surface area contributed by atoms with Gasteiger partial charge in [-0.25, -0.2) is 19.4 Å². The number of pyridine rings is 1. The molecule has 0 bridgehead atoms. The van der Waals surface area contributed by atoms with Gasteiger partial charge in [0, 0.05) is 42.7 Å². The molecule has 28 heavy (non-hydrogen) atoms. The third-order valence-corrected chi connectivity index (χ3v) is 5.82. The minimum absolute atomic E-state index is 0.0590. The first kappa shape index (κ1) is 20.5. The van der Waals surface area contributed by atoms with Gasteiger partial charge in [-0.2, -0.15) is 0 Å². The molecule has 0 radical (unpaired) electrons. The lowest BCUT2D eigenvalue weighted by molar-refractivity contribution is 0.583. The molecular weight excluding hydrogens is 375 g/mol. The Morgan fingerprint density at radius 1 is 1.43 bits per heavy atom. The van der Waals surface area contributed by atoms with E-state index in [1.807, 2.05) is 11.8 Å². The Balaban J connectivity index is 1.61. The van der Waals surface area contributed by atoms with Gasteiger partial charge in [0.15, 0.2) is 17.6 Å². The predicted octanol–water partition coefficient (Wildman–Crippen LogP) is 3.31. The van der Waals surface area contributed by atoms with E-state index >= 15 is 0 Å². The summed E-state index contributed by atoms with van der Waals surface area (Å²) in [6.07, 6.45) is 2.54. The van der Waals surface area contributed by atoms with Crippen LogP contribution in [0.3, 0.4) is 0 Å². The maximum Gasteiger partial charge on any atom is 0.191 e. The summed E-state index contributed by atoms with van der Waals surface area (Å²) in [5.41, 5.74) is 1.04. The molecule has 0 spiro atoms. The Kier molecular flexibility index (Phi) is 6.49. The molecule has 6 nitrogen and oxygen atoms in total. The molecule has 0 aliphatic carbocycles. The summed E-state index contributed by atoms with van der Waals surface area (Å²) in [6.45, 7) is 11.3. The molecule has 152 valence electrons. The van der Waals surface area contributed by atoms with Crippen LogP contribution in [0.25, 0.3) is 0 Å². The first-order valence-electron chi connectivity index (χ1n) is 9.72. The molecule has 1 atom stereocenters. The number of hydrogen-bond acceptors (Lipinski definition) is 5. The second-order valence-electron chi connectivity index (χ2n) is 7.97.